The van der Waals surface area contributed by atoms with Gasteiger partial charge in [0, 0.05) is 53.8 Å². The van der Waals surface area contributed by atoms with Crippen molar-refractivity contribution < 1.29 is 4.74 Å². The van der Waals surface area contributed by atoms with Crippen LogP contribution in [0.3, 0.4) is 0 Å². The van der Waals surface area contributed by atoms with Crippen LogP contribution < -0.4 is 9.64 Å². The second kappa shape index (κ2) is 14.6. The third-order valence-corrected chi connectivity index (χ3v) is 13.3. The molecule has 1 aliphatic rings. The SMILES string of the molecule is CC1(C)c2ccc(-c3ccc(N(c4ccc(-c5ccccc5)cc4)c4ccc(-c5ccc(-c6ccccc6)cc5)cc4)cc3)cc2Oc2c1ccc1sc3ccccc3c21. The molecule has 286 valence electrons. The molecule has 1 aromatic heterocycles. The second-order valence-electron chi connectivity index (χ2n) is 16.1. The molecule has 0 atom stereocenters. The zero-order valence-electron chi connectivity index (χ0n) is 33.5. The number of thiophene rings is 1. The molecular weight excluding hydrogens is 747 g/mol. The Labute approximate surface area is 355 Å². The first-order valence-corrected chi connectivity index (χ1v) is 21.4. The summed E-state index contributed by atoms with van der Waals surface area (Å²) >= 11 is 1.83. The number of rotatable bonds is 7. The van der Waals surface area contributed by atoms with Gasteiger partial charge in [-0.2, -0.15) is 0 Å². The van der Waals surface area contributed by atoms with E-state index in [-0.39, 0.29) is 5.41 Å². The summed E-state index contributed by atoms with van der Waals surface area (Å²) in [6.45, 7) is 4.63. The van der Waals surface area contributed by atoms with Crippen LogP contribution in [0.5, 0.6) is 11.5 Å². The lowest BCUT2D eigenvalue weighted by Crippen LogP contribution is -2.24. The smallest absolute Gasteiger partial charge is 0.140 e. The van der Waals surface area contributed by atoms with Gasteiger partial charge in [-0.15, -0.1) is 11.3 Å². The summed E-state index contributed by atoms with van der Waals surface area (Å²) in [5.41, 5.74) is 15.0. The van der Waals surface area contributed by atoms with Crippen LogP contribution in [0.25, 0.3) is 64.7 Å². The van der Waals surface area contributed by atoms with Gasteiger partial charge in [-0.3, -0.25) is 0 Å². The first kappa shape index (κ1) is 35.9. The van der Waals surface area contributed by atoms with Crippen LogP contribution in [0.15, 0.2) is 212 Å². The first-order chi connectivity index (χ1) is 29.5. The monoisotopic (exact) mass is 787 g/mol. The zero-order valence-corrected chi connectivity index (χ0v) is 34.3. The van der Waals surface area contributed by atoms with Crippen LogP contribution in [0, 0.1) is 0 Å². The summed E-state index contributed by atoms with van der Waals surface area (Å²) < 4.78 is 9.48. The van der Waals surface area contributed by atoms with Gasteiger partial charge in [-0.05, 0) is 99.1 Å². The van der Waals surface area contributed by atoms with Crippen LogP contribution in [0.2, 0.25) is 0 Å². The number of hydrogen-bond donors (Lipinski definition) is 0. The van der Waals surface area contributed by atoms with Crippen LogP contribution in [-0.2, 0) is 5.41 Å². The van der Waals surface area contributed by atoms with Gasteiger partial charge < -0.3 is 9.64 Å². The van der Waals surface area contributed by atoms with E-state index in [0.29, 0.717) is 0 Å². The summed E-state index contributed by atoms with van der Waals surface area (Å²) in [5.74, 6) is 1.91. The predicted octanol–water partition coefficient (Wildman–Crippen LogP) is 16.6. The minimum Gasteiger partial charge on any atom is -0.456 e. The fourth-order valence-electron chi connectivity index (χ4n) is 8.91. The van der Waals surface area contributed by atoms with E-state index in [1.807, 2.05) is 11.3 Å². The average molecular weight is 788 g/mol. The standard InChI is InChI=1S/C57H41NOS/c1-57(2)50-34-27-45(37-52(50)59-56-51(57)35-36-54-55(56)49-15-9-10-16-53(49)60-54)44-25-32-48(33-26-44)58(46-28-21-42(22-29-46)39-13-7-4-8-14-39)47-30-23-43(24-31-47)41-19-17-40(18-20-41)38-11-5-3-6-12-38/h3-37H,1-2H3. The van der Waals surface area contributed by atoms with Crippen LogP contribution in [-0.4, -0.2) is 0 Å². The van der Waals surface area contributed by atoms with Crippen molar-refractivity contribution in [3.05, 3.63) is 223 Å². The van der Waals surface area contributed by atoms with Crippen molar-refractivity contribution >= 4 is 48.6 Å². The van der Waals surface area contributed by atoms with Gasteiger partial charge in [-0.1, -0.05) is 172 Å². The maximum absolute atomic E-state index is 6.94. The van der Waals surface area contributed by atoms with E-state index in [0.717, 1.165) is 39.7 Å². The Morgan fingerprint density at radius 3 is 1.33 bits per heavy atom. The van der Waals surface area contributed by atoms with E-state index in [9.17, 15) is 0 Å². The molecule has 0 radical (unpaired) electrons. The van der Waals surface area contributed by atoms with Crippen molar-refractivity contribution in [3.63, 3.8) is 0 Å². The van der Waals surface area contributed by atoms with Crippen LogP contribution in [0.4, 0.5) is 17.1 Å². The summed E-state index contributed by atoms with van der Waals surface area (Å²) in [7, 11) is 0. The minimum atomic E-state index is -0.208. The van der Waals surface area contributed by atoms with Gasteiger partial charge >= 0.3 is 0 Å². The molecule has 0 aliphatic carbocycles. The molecule has 0 N–H and O–H groups in total. The summed E-state index contributed by atoms with van der Waals surface area (Å²) in [6, 6.07) is 76.6. The van der Waals surface area contributed by atoms with Gasteiger partial charge in [-0.25, -0.2) is 0 Å². The lowest BCUT2D eigenvalue weighted by atomic mass is 9.75. The fourth-order valence-corrected chi connectivity index (χ4v) is 10.0. The minimum absolute atomic E-state index is 0.208. The highest BCUT2D eigenvalue weighted by molar-refractivity contribution is 7.25. The Morgan fingerprint density at radius 1 is 0.383 bits per heavy atom. The highest BCUT2D eigenvalue weighted by atomic mass is 32.1. The molecule has 60 heavy (non-hydrogen) atoms. The molecule has 0 unspecified atom stereocenters. The largest absolute Gasteiger partial charge is 0.456 e. The van der Waals surface area contributed by atoms with Crippen LogP contribution >= 0.6 is 11.3 Å². The van der Waals surface area contributed by atoms with Gasteiger partial charge in [0.2, 0.25) is 0 Å². The maximum Gasteiger partial charge on any atom is 0.140 e. The molecule has 0 bridgehead atoms. The summed E-state index contributed by atoms with van der Waals surface area (Å²) in [6.07, 6.45) is 0. The molecule has 10 aromatic rings. The number of fused-ring (bicyclic) bond motifs is 6. The maximum atomic E-state index is 6.94. The third kappa shape index (κ3) is 6.27. The van der Waals surface area contributed by atoms with E-state index >= 15 is 0 Å². The van der Waals surface area contributed by atoms with Crippen LogP contribution in [0.1, 0.15) is 25.0 Å². The lowest BCUT2D eigenvalue weighted by molar-refractivity contribution is 0.423. The van der Waals surface area contributed by atoms with E-state index in [1.165, 1.54) is 64.7 Å². The summed E-state index contributed by atoms with van der Waals surface area (Å²) in [5, 5.41) is 2.47. The Balaban J connectivity index is 0.932. The molecule has 3 heteroatoms. The molecular formula is C57H41NOS. The Morgan fingerprint density at radius 2 is 0.800 bits per heavy atom. The summed E-state index contributed by atoms with van der Waals surface area (Å²) in [4.78, 5) is 2.34. The Kier molecular flexibility index (Phi) is 8.72. The zero-order chi connectivity index (χ0) is 40.2. The highest BCUT2D eigenvalue weighted by Gasteiger charge is 2.36. The molecule has 2 heterocycles. The normalized spacial score (nSPS) is 12.8. The molecule has 2 nitrogen and oxygen atoms in total. The van der Waals surface area contributed by atoms with Crippen molar-refractivity contribution in [2.24, 2.45) is 0 Å². The molecule has 0 saturated heterocycles. The van der Waals surface area contributed by atoms with Crippen molar-refractivity contribution in [2.45, 2.75) is 19.3 Å². The third-order valence-electron chi connectivity index (χ3n) is 12.2. The van der Waals surface area contributed by atoms with E-state index in [4.69, 9.17) is 4.74 Å². The number of hydrogen-bond acceptors (Lipinski definition) is 3. The molecule has 0 fully saturated rings. The quantitative estimate of drug-likeness (QED) is 0.160. The first-order valence-electron chi connectivity index (χ1n) is 20.6. The molecule has 9 aromatic carbocycles. The Hall–Kier alpha value is -7.20. The number of ether oxygens (including phenoxy) is 1. The lowest BCUT2D eigenvalue weighted by Gasteiger charge is -2.35. The molecule has 1 aliphatic heterocycles. The predicted molar refractivity (Wildman–Crippen MR) is 254 cm³/mol. The topological polar surface area (TPSA) is 12.5 Å². The number of anilines is 3. The average Bonchev–Trinajstić information content (AvgIpc) is 3.70. The van der Waals surface area contributed by atoms with Gasteiger partial charge in [0.05, 0.1) is 0 Å². The number of nitrogens with zero attached hydrogens (tertiary/aromatic N) is 1. The highest BCUT2D eigenvalue weighted by Crippen LogP contribution is 2.53. The molecule has 0 spiro atoms. The Bertz CT molecular complexity index is 3150. The van der Waals surface area contributed by atoms with Gasteiger partial charge in [0.1, 0.15) is 11.5 Å². The van der Waals surface area contributed by atoms with E-state index < -0.39 is 0 Å². The molecule has 0 amide bonds. The van der Waals surface area contributed by atoms with E-state index in [2.05, 4.69) is 231 Å². The van der Waals surface area contributed by atoms with Crippen molar-refractivity contribution in [1.29, 1.82) is 0 Å². The molecule has 11 rings (SSSR count). The molecule has 0 saturated carbocycles. The van der Waals surface area contributed by atoms with Crippen molar-refractivity contribution in [1.82, 2.24) is 0 Å². The second-order valence-corrected chi connectivity index (χ2v) is 17.2. The van der Waals surface area contributed by atoms with Crippen molar-refractivity contribution in [2.75, 3.05) is 4.90 Å². The van der Waals surface area contributed by atoms with Crippen molar-refractivity contribution in [3.8, 4) is 56.0 Å². The van der Waals surface area contributed by atoms with Gasteiger partial charge in [0.15, 0.2) is 0 Å². The van der Waals surface area contributed by atoms with Gasteiger partial charge in [0.25, 0.3) is 0 Å². The van der Waals surface area contributed by atoms with E-state index in [1.54, 1.807) is 0 Å². The number of benzene rings is 9. The fraction of sp³-hybridized carbons (Fsp3) is 0.0526.